The second-order valence-corrected chi connectivity index (χ2v) is 3.85. The van der Waals surface area contributed by atoms with Crippen molar-refractivity contribution in [3.63, 3.8) is 0 Å². The number of phenolic OH excluding ortho intramolecular Hbond substituents is 1. The topological polar surface area (TPSA) is 20.2 Å². The fourth-order valence-electron chi connectivity index (χ4n) is 1.43. The lowest BCUT2D eigenvalue weighted by molar-refractivity contribution is 0.467. The van der Waals surface area contributed by atoms with Gasteiger partial charge in [0.25, 0.3) is 0 Å². The fraction of sp³-hybridized carbons (Fsp3) is 0.286. The lowest BCUT2D eigenvalue weighted by Crippen LogP contribution is -1.86. The molecule has 1 aromatic carbocycles. The standard InChI is InChI=1S/C14H17FO/c1-3-4-5-11(2)6-7-12-10-13(15)8-9-14(12)16/h3,6,8-10,16H,1,4-5,7H2,2H3/b11-6+. The molecule has 0 heterocycles. The molecule has 0 fully saturated rings. The number of hydrogen-bond donors (Lipinski definition) is 1. The number of rotatable bonds is 5. The van der Waals surface area contributed by atoms with Crippen molar-refractivity contribution in [3.05, 3.63) is 53.9 Å². The van der Waals surface area contributed by atoms with Crippen LogP contribution < -0.4 is 0 Å². The van der Waals surface area contributed by atoms with E-state index in [1.54, 1.807) is 0 Å². The first-order chi connectivity index (χ1) is 7.63. The Morgan fingerprint density at radius 2 is 2.25 bits per heavy atom. The summed E-state index contributed by atoms with van der Waals surface area (Å²) in [7, 11) is 0. The summed E-state index contributed by atoms with van der Waals surface area (Å²) < 4.78 is 12.9. The quantitative estimate of drug-likeness (QED) is 0.744. The van der Waals surface area contributed by atoms with Gasteiger partial charge in [-0.15, -0.1) is 6.58 Å². The highest BCUT2D eigenvalue weighted by atomic mass is 19.1. The normalized spacial score (nSPS) is 11.5. The van der Waals surface area contributed by atoms with E-state index in [9.17, 15) is 9.50 Å². The lowest BCUT2D eigenvalue weighted by atomic mass is 10.1. The summed E-state index contributed by atoms with van der Waals surface area (Å²) in [4.78, 5) is 0. The number of aromatic hydroxyl groups is 1. The first kappa shape index (κ1) is 12.5. The van der Waals surface area contributed by atoms with Gasteiger partial charge in [-0.1, -0.05) is 17.7 Å². The molecule has 0 saturated heterocycles. The summed E-state index contributed by atoms with van der Waals surface area (Å²) >= 11 is 0. The molecule has 0 unspecified atom stereocenters. The molecular formula is C14H17FO. The van der Waals surface area contributed by atoms with E-state index in [4.69, 9.17) is 0 Å². The van der Waals surface area contributed by atoms with E-state index < -0.39 is 0 Å². The zero-order valence-electron chi connectivity index (χ0n) is 9.54. The van der Waals surface area contributed by atoms with Crippen molar-refractivity contribution in [3.8, 4) is 5.75 Å². The number of halogens is 1. The van der Waals surface area contributed by atoms with Gasteiger partial charge in [0.2, 0.25) is 0 Å². The SMILES string of the molecule is C=CCC/C(C)=C/Cc1cc(F)ccc1O. The van der Waals surface area contributed by atoms with Crippen LogP contribution in [0.25, 0.3) is 0 Å². The van der Waals surface area contributed by atoms with Crippen molar-refractivity contribution < 1.29 is 9.50 Å². The third-order valence-electron chi connectivity index (χ3n) is 2.45. The summed E-state index contributed by atoms with van der Waals surface area (Å²) in [5.74, 6) is -0.167. The van der Waals surface area contributed by atoms with Crippen LogP contribution in [0, 0.1) is 5.82 Å². The van der Waals surface area contributed by atoms with Crippen LogP contribution in [0.5, 0.6) is 5.75 Å². The molecule has 0 aliphatic rings. The van der Waals surface area contributed by atoms with Crippen LogP contribution in [0.3, 0.4) is 0 Å². The highest BCUT2D eigenvalue weighted by Gasteiger charge is 2.01. The van der Waals surface area contributed by atoms with E-state index in [1.807, 2.05) is 19.1 Å². The van der Waals surface area contributed by atoms with E-state index in [-0.39, 0.29) is 11.6 Å². The molecule has 0 aromatic heterocycles. The number of allylic oxidation sites excluding steroid dienone is 3. The van der Waals surface area contributed by atoms with E-state index in [0.29, 0.717) is 12.0 Å². The van der Waals surface area contributed by atoms with Crippen molar-refractivity contribution in [2.24, 2.45) is 0 Å². The Bertz CT molecular complexity index is 394. The maximum atomic E-state index is 12.9. The zero-order chi connectivity index (χ0) is 12.0. The Balaban J connectivity index is 2.66. The van der Waals surface area contributed by atoms with E-state index in [0.717, 1.165) is 12.8 Å². The van der Waals surface area contributed by atoms with Crippen LogP contribution in [-0.2, 0) is 6.42 Å². The highest BCUT2D eigenvalue weighted by molar-refractivity contribution is 5.34. The minimum absolute atomic E-state index is 0.147. The number of phenols is 1. The molecule has 0 amide bonds. The molecule has 1 nitrogen and oxygen atoms in total. The van der Waals surface area contributed by atoms with Crippen LogP contribution in [0.15, 0.2) is 42.5 Å². The van der Waals surface area contributed by atoms with Gasteiger partial charge >= 0.3 is 0 Å². The second kappa shape index (κ2) is 6.11. The molecule has 1 rings (SSSR count). The second-order valence-electron chi connectivity index (χ2n) is 3.85. The lowest BCUT2D eigenvalue weighted by Gasteiger charge is -2.03. The van der Waals surface area contributed by atoms with Gasteiger partial charge in [-0.2, -0.15) is 0 Å². The van der Waals surface area contributed by atoms with Crippen molar-refractivity contribution in [2.75, 3.05) is 0 Å². The molecule has 1 aromatic rings. The largest absolute Gasteiger partial charge is 0.508 e. The molecule has 0 atom stereocenters. The van der Waals surface area contributed by atoms with Gasteiger partial charge in [0.05, 0.1) is 0 Å². The first-order valence-corrected chi connectivity index (χ1v) is 5.37. The van der Waals surface area contributed by atoms with Gasteiger partial charge in [0, 0.05) is 5.56 Å². The molecule has 2 heteroatoms. The molecule has 86 valence electrons. The Labute approximate surface area is 95.9 Å². The van der Waals surface area contributed by atoms with Crippen LogP contribution in [0.1, 0.15) is 25.3 Å². The van der Waals surface area contributed by atoms with Crippen molar-refractivity contribution in [1.82, 2.24) is 0 Å². The number of hydrogen-bond acceptors (Lipinski definition) is 1. The third-order valence-corrected chi connectivity index (χ3v) is 2.45. The van der Waals surface area contributed by atoms with Crippen LogP contribution in [0.2, 0.25) is 0 Å². The number of benzene rings is 1. The summed E-state index contributed by atoms with van der Waals surface area (Å²) in [6, 6.07) is 4.01. The Morgan fingerprint density at radius 3 is 2.94 bits per heavy atom. The molecule has 0 radical (unpaired) electrons. The van der Waals surface area contributed by atoms with Crippen molar-refractivity contribution in [1.29, 1.82) is 0 Å². The molecular weight excluding hydrogens is 203 g/mol. The molecule has 0 bridgehead atoms. The highest BCUT2D eigenvalue weighted by Crippen LogP contribution is 2.19. The average Bonchev–Trinajstić information content (AvgIpc) is 2.27. The van der Waals surface area contributed by atoms with Gasteiger partial charge in [-0.05, 0) is 44.4 Å². The predicted octanol–water partition coefficient (Wildman–Crippen LogP) is 3.99. The Morgan fingerprint density at radius 1 is 1.50 bits per heavy atom. The Hall–Kier alpha value is -1.57. The maximum absolute atomic E-state index is 12.9. The zero-order valence-corrected chi connectivity index (χ0v) is 9.54. The van der Waals surface area contributed by atoms with Crippen LogP contribution >= 0.6 is 0 Å². The van der Waals surface area contributed by atoms with E-state index >= 15 is 0 Å². The monoisotopic (exact) mass is 220 g/mol. The van der Waals surface area contributed by atoms with E-state index in [1.165, 1.54) is 23.8 Å². The molecule has 0 aliphatic heterocycles. The predicted molar refractivity (Wildman–Crippen MR) is 65.0 cm³/mol. The van der Waals surface area contributed by atoms with Crippen molar-refractivity contribution >= 4 is 0 Å². The molecule has 1 N–H and O–H groups in total. The maximum Gasteiger partial charge on any atom is 0.123 e. The van der Waals surface area contributed by atoms with Gasteiger partial charge in [-0.3, -0.25) is 0 Å². The summed E-state index contributed by atoms with van der Waals surface area (Å²) in [6.45, 7) is 5.69. The van der Waals surface area contributed by atoms with Crippen LogP contribution in [-0.4, -0.2) is 5.11 Å². The molecule has 0 spiro atoms. The van der Waals surface area contributed by atoms with Gasteiger partial charge < -0.3 is 5.11 Å². The molecule has 0 saturated carbocycles. The average molecular weight is 220 g/mol. The van der Waals surface area contributed by atoms with Crippen LogP contribution in [0.4, 0.5) is 4.39 Å². The summed E-state index contributed by atoms with van der Waals surface area (Å²) in [6.07, 6.45) is 6.35. The third kappa shape index (κ3) is 3.89. The molecule has 16 heavy (non-hydrogen) atoms. The minimum Gasteiger partial charge on any atom is -0.508 e. The summed E-state index contributed by atoms with van der Waals surface area (Å²) in [5.41, 5.74) is 1.85. The summed E-state index contributed by atoms with van der Waals surface area (Å²) in [5, 5.41) is 9.51. The van der Waals surface area contributed by atoms with Gasteiger partial charge in [0.1, 0.15) is 11.6 Å². The minimum atomic E-state index is -0.315. The fourth-order valence-corrected chi connectivity index (χ4v) is 1.43. The smallest absolute Gasteiger partial charge is 0.123 e. The molecule has 0 aliphatic carbocycles. The van der Waals surface area contributed by atoms with Gasteiger partial charge in [-0.25, -0.2) is 4.39 Å². The van der Waals surface area contributed by atoms with Crippen molar-refractivity contribution in [2.45, 2.75) is 26.2 Å². The first-order valence-electron chi connectivity index (χ1n) is 5.37. The van der Waals surface area contributed by atoms with E-state index in [2.05, 4.69) is 6.58 Å². The van der Waals surface area contributed by atoms with Gasteiger partial charge in [0.15, 0.2) is 0 Å². The Kier molecular flexibility index (Phi) is 4.77.